The van der Waals surface area contributed by atoms with Crippen molar-refractivity contribution < 1.29 is 19.0 Å². The molecule has 3 heterocycles. The first kappa shape index (κ1) is 28.0. The second-order valence-corrected chi connectivity index (χ2v) is 11.0. The number of benzene rings is 3. The number of nitrogens with one attached hydrogen (secondary N) is 1. The van der Waals surface area contributed by atoms with Gasteiger partial charge in [0, 0.05) is 37.1 Å². The molecule has 2 aliphatic heterocycles. The van der Waals surface area contributed by atoms with Crippen LogP contribution in [0, 0.1) is 13.8 Å². The predicted molar refractivity (Wildman–Crippen MR) is 163 cm³/mol. The van der Waals surface area contributed by atoms with Gasteiger partial charge < -0.3 is 19.5 Å². The number of aromatic nitrogens is 2. The van der Waals surface area contributed by atoms with Crippen LogP contribution in [0.3, 0.4) is 0 Å². The number of ether oxygens (including phenoxy) is 3. The van der Waals surface area contributed by atoms with E-state index in [4.69, 9.17) is 14.2 Å². The van der Waals surface area contributed by atoms with Crippen LogP contribution in [-0.4, -0.2) is 65.7 Å². The van der Waals surface area contributed by atoms with Gasteiger partial charge in [0.2, 0.25) is 0 Å². The molecular weight excluding hydrogens is 528 g/mol. The lowest BCUT2D eigenvalue weighted by atomic mass is 10.1. The molecule has 0 saturated carbocycles. The Kier molecular flexibility index (Phi) is 8.55. The number of allylic oxidation sites excluding steroid dienone is 1. The van der Waals surface area contributed by atoms with Crippen LogP contribution < -0.4 is 10.1 Å². The summed E-state index contributed by atoms with van der Waals surface area (Å²) in [5.41, 5.74) is 6.02. The molecule has 3 aromatic carbocycles. The van der Waals surface area contributed by atoms with E-state index in [2.05, 4.69) is 45.3 Å². The third kappa shape index (κ3) is 6.85. The molecule has 8 heteroatoms. The Morgan fingerprint density at radius 3 is 2.62 bits per heavy atom. The van der Waals surface area contributed by atoms with E-state index in [1.54, 1.807) is 12.4 Å². The van der Waals surface area contributed by atoms with E-state index in [9.17, 15) is 4.79 Å². The lowest BCUT2D eigenvalue weighted by Crippen LogP contribution is -2.36. The van der Waals surface area contributed by atoms with Crippen molar-refractivity contribution in [1.29, 1.82) is 0 Å². The highest BCUT2D eigenvalue weighted by Gasteiger charge is 2.35. The van der Waals surface area contributed by atoms with Gasteiger partial charge in [-0.25, -0.2) is 9.97 Å². The molecule has 0 amide bonds. The number of ketones is 1. The van der Waals surface area contributed by atoms with Crippen molar-refractivity contribution in [3.8, 4) is 5.75 Å². The summed E-state index contributed by atoms with van der Waals surface area (Å²) in [5, 5.41) is 4.30. The van der Waals surface area contributed by atoms with E-state index in [-0.39, 0.29) is 18.0 Å². The fourth-order valence-electron chi connectivity index (χ4n) is 5.58. The van der Waals surface area contributed by atoms with Crippen LogP contribution in [0.1, 0.15) is 22.3 Å². The first-order chi connectivity index (χ1) is 20.5. The minimum absolute atomic E-state index is 0.0571. The fourth-order valence-corrected chi connectivity index (χ4v) is 5.58. The molecule has 8 nitrogen and oxygen atoms in total. The number of fused-ring (bicyclic) bond motifs is 2. The maximum Gasteiger partial charge on any atom is 0.159 e. The second kappa shape index (κ2) is 12.8. The number of hydrogen-bond acceptors (Lipinski definition) is 8. The number of carbonyl (C=O) groups is 1. The third-order valence-corrected chi connectivity index (χ3v) is 7.70. The van der Waals surface area contributed by atoms with Gasteiger partial charge in [-0.2, -0.15) is 0 Å². The summed E-state index contributed by atoms with van der Waals surface area (Å²) >= 11 is 0. The van der Waals surface area contributed by atoms with Crippen molar-refractivity contribution in [2.24, 2.45) is 0 Å². The molecule has 1 N–H and O–H groups in total. The maximum atomic E-state index is 12.8. The fraction of sp³-hybridized carbons (Fsp3) is 0.324. The quantitative estimate of drug-likeness (QED) is 0.259. The largest absolute Gasteiger partial charge is 0.489 e. The van der Waals surface area contributed by atoms with Crippen molar-refractivity contribution in [3.63, 3.8) is 0 Å². The second-order valence-electron chi connectivity index (χ2n) is 11.0. The Balaban J connectivity index is 1.08. The smallest absolute Gasteiger partial charge is 0.159 e. The van der Waals surface area contributed by atoms with Gasteiger partial charge in [-0.15, -0.1) is 0 Å². The Morgan fingerprint density at radius 1 is 1.00 bits per heavy atom. The summed E-state index contributed by atoms with van der Waals surface area (Å²) in [6.45, 7) is 8.34. The van der Waals surface area contributed by atoms with Gasteiger partial charge in [0.15, 0.2) is 5.78 Å². The molecule has 0 radical (unpaired) electrons. The minimum Gasteiger partial charge on any atom is -0.489 e. The summed E-state index contributed by atoms with van der Waals surface area (Å²) in [7, 11) is 0. The molecule has 2 saturated heterocycles. The molecule has 2 aliphatic rings. The minimum atomic E-state index is 0.0571. The van der Waals surface area contributed by atoms with Crippen LogP contribution in [0.4, 0.5) is 11.5 Å². The zero-order valence-electron chi connectivity index (χ0n) is 24.1. The van der Waals surface area contributed by atoms with Crippen LogP contribution in [0.5, 0.6) is 5.75 Å². The predicted octanol–water partition coefficient (Wildman–Crippen LogP) is 5.34. The third-order valence-electron chi connectivity index (χ3n) is 7.70. The molecule has 0 unspecified atom stereocenters. The van der Waals surface area contributed by atoms with Gasteiger partial charge in [0.1, 0.15) is 24.5 Å². The maximum absolute atomic E-state index is 12.8. The van der Waals surface area contributed by atoms with E-state index >= 15 is 0 Å². The van der Waals surface area contributed by atoms with E-state index < -0.39 is 0 Å². The standard InChI is InChI=1S/C34H36N4O4/c1-23-5-3-6-26(15-23)21-42-31-11-9-27(16-24(31)2)37-34-29-18-25(8-10-30(29)35-22-36-34)17-28(39)7-4-12-38-19-32-33(20-38)41-14-13-40-32/h3-11,15-16,18,22,32-33H,12-14,17,19-21H2,1-2H3,(H,35,36,37)/b7-4+/t32-,33+. The summed E-state index contributed by atoms with van der Waals surface area (Å²) in [5.74, 6) is 1.59. The lowest BCUT2D eigenvalue weighted by molar-refractivity contribution is -0.116. The van der Waals surface area contributed by atoms with Gasteiger partial charge in [0.25, 0.3) is 0 Å². The van der Waals surface area contributed by atoms with Gasteiger partial charge in [0.05, 0.1) is 30.9 Å². The van der Waals surface area contributed by atoms with Crippen molar-refractivity contribution in [1.82, 2.24) is 14.9 Å². The van der Waals surface area contributed by atoms with E-state index in [0.717, 1.165) is 52.1 Å². The normalized spacial score (nSPS) is 18.8. The van der Waals surface area contributed by atoms with Gasteiger partial charge in [-0.3, -0.25) is 9.69 Å². The number of likely N-dealkylation sites (tertiary alicyclic amines) is 1. The average molecular weight is 565 g/mol. The van der Waals surface area contributed by atoms with Crippen LogP contribution in [0.2, 0.25) is 0 Å². The molecule has 0 spiro atoms. The lowest BCUT2D eigenvalue weighted by Gasteiger charge is -2.24. The van der Waals surface area contributed by atoms with Crippen LogP contribution in [0.15, 0.2) is 79.1 Å². The Labute approximate surface area is 246 Å². The summed E-state index contributed by atoms with van der Waals surface area (Å²) < 4.78 is 17.6. The number of carbonyl (C=O) groups excluding carboxylic acids is 1. The molecular formula is C34H36N4O4. The molecule has 0 bridgehead atoms. The van der Waals surface area contributed by atoms with E-state index in [0.29, 0.717) is 38.6 Å². The Bertz CT molecular complexity index is 1590. The average Bonchev–Trinajstić information content (AvgIpc) is 3.40. The topological polar surface area (TPSA) is 85.8 Å². The molecule has 1 aromatic heterocycles. The SMILES string of the molecule is Cc1cccc(COc2ccc(Nc3ncnc4ccc(CC(=O)/C=C/CN5C[C@@H]6OCCO[C@@H]6C5)cc34)cc2C)c1. The Morgan fingerprint density at radius 2 is 1.83 bits per heavy atom. The van der Waals surface area contributed by atoms with Crippen molar-refractivity contribution in [2.45, 2.75) is 39.1 Å². The van der Waals surface area contributed by atoms with E-state index in [1.165, 1.54) is 5.56 Å². The molecule has 216 valence electrons. The van der Waals surface area contributed by atoms with Crippen molar-refractivity contribution in [3.05, 3.63) is 101 Å². The number of hydrogen-bond donors (Lipinski definition) is 1. The summed E-state index contributed by atoms with van der Waals surface area (Å²) in [6, 6.07) is 20.2. The molecule has 42 heavy (non-hydrogen) atoms. The van der Waals surface area contributed by atoms with E-state index in [1.807, 2.05) is 55.5 Å². The first-order valence-corrected chi connectivity index (χ1v) is 14.4. The number of nitrogens with zero attached hydrogens (tertiary/aromatic N) is 3. The number of aryl methyl sites for hydroxylation is 2. The Hall–Kier alpha value is -4.11. The highest BCUT2D eigenvalue weighted by atomic mass is 16.6. The van der Waals surface area contributed by atoms with Crippen molar-refractivity contribution >= 4 is 28.2 Å². The first-order valence-electron chi connectivity index (χ1n) is 14.4. The number of rotatable bonds is 10. The van der Waals surface area contributed by atoms with Crippen LogP contribution in [0.25, 0.3) is 10.9 Å². The zero-order valence-corrected chi connectivity index (χ0v) is 24.1. The van der Waals surface area contributed by atoms with Crippen molar-refractivity contribution in [2.75, 3.05) is 38.2 Å². The summed E-state index contributed by atoms with van der Waals surface area (Å²) in [6.07, 6.45) is 5.77. The molecule has 0 aliphatic carbocycles. The van der Waals surface area contributed by atoms with Crippen LogP contribution in [-0.2, 0) is 27.3 Å². The zero-order chi connectivity index (χ0) is 28.9. The molecule has 4 aromatic rings. The van der Waals surface area contributed by atoms with Gasteiger partial charge in [-0.05, 0) is 66.9 Å². The highest BCUT2D eigenvalue weighted by Crippen LogP contribution is 2.28. The number of anilines is 2. The monoisotopic (exact) mass is 564 g/mol. The van der Waals surface area contributed by atoms with Crippen LogP contribution >= 0.6 is 0 Å². The highest BCUT2D eigenvalue weighted by molar-refractivity contribution is 5.94. The molecule has 2 atom stereocenters. The molecule has 6 rings (SSSR count). The van der Waals surface area contributed by atoms with Gasteiger partial charge >= 0.3 is 0 Å². The van der Waals surface area contributed by atoms with Gasteiger partial charge in [-0.1, -0.05) is 42.0 Å². The summed E-state index contributed by atoms with van der Waals surface area (Å²) in [4.78, 5) is 24.0. The molecule has 2 fully saturated rings.